The van der Waals surface area contributed by atoms with Crippen LogP contribution in [0.25, 0.3) is 11.3 Å². The van der Waals surface area contributed by atoms with Crippen LogP contribution < -0.4 is 5.73 Å². The fourth-order valence-electron chi connectivity index (χ4n) is 1.30. The Morgan fingerprint density at radius 1 is 1.47 bits per heavy atom. The summed E-state index contributed by atoms with van der Waals surface area (Å²) in [5.74, 6) is 0.455. The molecule has 0 aliphatic rings. The van der Waals surface area contributed by atoms with Crippen LogP contribution in [0, 0.1) is 0 Å². The van der Waals surface area contributed by atoms with E-state index in [4.69, 9.17) is 5.73 Å². The Labute approximate surface area is 89.1 Å². The average Bonchev–Trinajstić information content (AvgIpc) is 2.73. The van der Waals surface area contributed by atoms with Crippen LogP contribution in [-0.4, -0.2) is 9.78 Å². The molecule has 2 rings (SSSR count). The van der Waals surface area contributed by atoms with Gasteiger partial charge in [0.05, 0.1) is 5.69 Å². The van der Waals surface area contributed by atoms with Gasteiger partial charge in [0.25, 0.3) is 6.43 Å². The molecular formula is C9H9F2N3S. The molecule has 0 radical (unpaired) electrons. The number of anilines is 1. The van der Waals surface area contributed by atoms with E-state index < -0.39 is 6.43 Å². The van der Waals surface area contributed by atoms with Crippen LogP contribution in [0.4, 0.5) is 14.6 Å². The van der Waals surface area contributed by atoms with Crippen LogP contribution >= 0.6 is 11.3 Å². The Kier molecular flexibility index (Phi) is 2.44. The van der Waals surface area contributed by atoms with Gasteiger partial charge in [-0.2, -0.15) is 16.4 Å². The quantitative estimate of drug-likeness (QED) is 0.860. The second-order valence-electron chi connectivity index (χ2n) is 3.12. The van der Waals surface area contributed by atoms with Crippen LogP contribution in [0.3, 0.4) is 0 Å². The summed E-state index contributed by atoms with van der Waals surface area (Å²) in [6, 6.07) is 1.59. The molecule has 0 amide bonds. The van der Waals surface area contributed by atoms with Crippen molar-refractivity contribution < 1.29 is 8.78 Å². The van der Waals surface area contributed by atoms with Gasteiger partial charge in [0.1, 0.15) is 5.82 Å². The van der Waals surface area contributed by atoms with E-state index in [1.807, 2.05) is 0 Å². The van der Waals surface area contributed by atoms with Gasteiger partial charge in [-0.1, -0.05) is 0 Å². The summed E-state index contributed by atoms with van der Waals surface area (Å²) >= 11 is 1.23. The average molecular weight is 229 g/mol. The maximum Gasteiger partial charge on any atom is 0.265 e. The van der Waals surface area contributed by atoms with E-state index in [9.17, 15) is 8.78 Å². The lowest BCUT2D eigenvalue weighted by molar-refractivity contribution is 0.152. The first kappa shape index (κ1) is 10.1. The molecule has 80 valence electrons. The molecule has 0 bridgehead atoms. The van der Waals surface area contributed by atoms with Crippen LogP contribution in [0.5, 0.6) is 0 Å². The Morgan fingerprint density at radius 3 is 2.73 bits per heavy atom. The SMILES string of the molecule is Cn1nc(-c2cscc2C(F)F)cc1N. The summed E-state index contributed by atoms with van der Waals surface area (Å²) in [7, 11) is 1.67. The number of alkyl halides is 2. The minimum absolute atomic E-state index is 0.0121. The number of aryl methyl sites for hydroxylation is 1. The normalized spacial score (nSPS) is 11.2. The molecule has 3 nitrogen and oxygen atoms in total. The molecule has 2 heterocycles. The highest BCUT2D eigenvalue weighted by atomic mass is 32.1. The highest BCUT2D eigenvalue weighted by molar-refractivity contribution is 7.08. The zero-order valence-corrected chi connectivity index (χ0v) is 8.76. The van der Waals surface area contributed by atoms with Gasteiger partial charge in [0.15, 0.2) is 0 Å². The third-order valence-electron chi connectivity index (χ3n) is 2.12. The molecule has 0 saturated carbocycles. The molecule has 0 aliphatic heterocycles. The van der Waals surface area contributed by atoms with Crippen molar-refractivity contribution in [1.82, 2.24) is 9.78 Å². The molecule has 2 aromatic heterocycles. The van der Waals surface area contributed by atoms with E-state index in [1.165, 1.54) is 21.4 Å². The van der Waals surface area contributed by atoms with Crippen LogP contribution in [0.15, 0.2) is 16.8 Å². The molecule has 0 aromatic carbocycles. The van der Waals surface area contributed by atoms with E-state index in [-0.39, 0.29) is 5.56 Å². The van der Waals surface area contributed by atoms with Crippen LogP contribution in [0.2, 0.25) is 0 Å². The van der Waals surface area contributed by atoms with Crippen molar-refractivity contribution in [2.75, 3.05) is 5.73 Å². The van der Waals surface area contributed by atoms with E-state index in [1.54, 1.807) is 18.5 Å². The number of nitrogens with two attached hydrogens (primary N) is 1. The Hall–Kier alpha value is -1.43. The molecule has 6 heteroatoms. The highest BCUT2D eigenvalue weighted by Crippen LogP contribution is 2.33. The number of nitrogens with zero attached hydrogens (tertiary/aromatic N) is 2. The second-order valence-corrected chi connectivity index (χ2v) is 3.86. The first-order valence-corrected chi connectivity index (χ1v) is 5.18. The summed E-state index contributed by atoms with van der Waals surface area (Å²) in [4.78, 5) is 0. The number of rotatable bonds is 2. The Balaban J connectivity index is 2.49. The van der Waals surface area contributed by atoms with Crippen molar-refractivity contribution in [3.8, 4) is 11.3 Å². The minimum Gasteiger partial charge on any atom is -0.384 e. The third kappa shape index (κ3) is 1.72. The van der Waals surface area contributed by atoms with Crippen LogP contribution in [-0.2, 0) is 7.05 Å². The van der Waals surface area contributed by atoms with E-state index >= 15 is 0 Å². The van der Waals surface area contributed by atoms with Gasteiger partial charge in [-0.15, -0.1) is 0 Å². The summed E-state index contributed by atoms with van der Waals surface area (Å²) < 4.78 is 26.6. The Bertz CT molecular complexity index is 456. The number of nitrogen functional groups attached to an aromatic ring is 1. The van der Waals surface area contributed by atoms with Crippen molar-refractivity contribution in [2.24, 2.45) is 7.05 Å². The van der Waals surface area contributed by atoms with Crippen molar-refractivity contribution in [3.63, 3.8) is 0 Å². The summed E-state index contributed by atoms with van der Waals surface area (Å²) in [6.07, 6.45) is -2.48. The molecule has 0 fully saturated rings. The van der Waals surface area contributed by atoms with Gasteiger partial charge >= 0.3 is 0 Å². The molecule has 0 unspecified atom stereocenters. The van der Waals surface area contributed by atoms with Gasteiger partial charge in [-0.05, 0) is 0 Å². The molecule has 0 atom stereocenters. The topological polar surface area (TPSA) is 43.8 Å². The van der Waals surface area contributed by atoms with E-state index in [2.05, 4.69) is 5.10 Å². The number of halogens is 2. The summed E-state index contributed by atoms with van der Waals surface area (Å²) in [5.41, 5.74) is 6.55. The zero-order valence-electron chi connectivity index (χ0n) is 7.95. The molecule has 0 spiro atoms. The standard InChI is InChI=1S/C9H9F2N3S/c1-14-8(12)2-7(13-14)5-3-15-4-6(5)9(10)11/h2-4,9H,12H2,1H3. The third-order valence-corrected chi connectivity index (χ3v) is 2.88. The maximum absolute atomic E-state index is 12.6. The van der Waals surface area contributed by atoms with Gasteiger partial charge in [0, 0.05) is 35.0 Å². The van der Waals surface area contributed by atoms with Crippen LogP contribution in [0.1, 0.15) is 12.0 Å². The highest BCUT2D eigenvalue weighted by Gasteiger charge is 2.17. The van der Waals surface area contributed by atoms with Crippen molar-refractivity contribution in [3.05, 3.63) is 22.4 Å². The molecule has 0 saturated heterocycles. The lowest BCUT2D eigenvalue weighted by Crippen LogP contribution is -1.96. The maximum atomic E-state index is 12.6. The Morgan fingerprint density at radius 2 is 2.20 bits per heavy atom. The summed E-state index contributed by atoms with van der Waals surface area (Å²) in [5, 5.41) is 7.15. The molecule has 15 heavy (non-hydrogen) atoms. The molecule has 0 aliphatic carbocycles. The first-order chi connectivity index (χ1) is 7.09. The minimum atomic E-state index is -2.48. The van der Waals surface area contributed by atoms with Crippen molar-refractivity contribution >= 4 is 17.2 Å². The lowest BCUT2D eigenvalue weighted by Gasteiger charge is -1.98. The predicted octanol–water partition coefficient (Wildman–Crippen LogP) is 2.67. The molecule has 2 aromatic rings. The van der Waals surface area contributed by atoms with E-state index in [0.29, 0.717) is 17.1 Å². The predicted molar refractivity (Wildman–Crippen MR) is 55.9 cm³/mol. The fourth-order valence-corrected chi connectivity index (χ4v) is 2.13. The number of aromatic nitrogens is 2. The van der Waals surface area contributed by atoms with E-state index in [0.717, 1.165) is 0 Å². The summed E-state index contributed by atoms with van der Waals surface area (Å²) in [6.45, 7) is 0. The van der Waals surface area contributed by atoms with Gasteiger partial charge in [-0.3, -0.25) is 4.68 Å². The van der Waals surface area contributed by atoms with Crippen molar-refractivity contribution in [2.45, 2.75) is 6.43 Å². The number of hydrogen-bond acceptors (Lipinski definition) is 3. The smallest absolute Gasteiger partial charge is 0.265 e. The zero-order chi connectivity index (χ0) is 11.0. The van der Waals surface area contributed by atoms with Crippen molar-refractivity contribution in [1.29, 1.82) is 0 Å². The van der Waals surface area contributed by atoms with Gasteiger partial charge < -0.3 is 5.73 Å². The monoisotopic (exact) mass is 229 g/mol. The molecular weight excluding hydrogens is 220 g/mol. The number of hydrogen-bond donors (Lipinski definition) is 1. The number of thiophene rings is 1. The fraction of sp³-hybridized carbons (Fsp3) is 0.222. The van der Waals surface area contributed by atoms with Gasteiger partial charge in [-0.25, -0.2) is 8.78 Å². The molecule has 2 N–H and O–H groups in total. The first-order valence-electron chi connectivity index (χ1n) is 4.23. The lowest BCUT2D eigenvalue weighted by atomic mass is 10.1. The largest absolute Gasteiger partial charge is 0.384 e. The second kappa shape index (κ2) is 3.62. The van der Waals surface area contributed by atoms with Gasteiger partial charge in [0.2, 0.25) is 0 Å².